The summed E-state index contributed by atoms with van der Waals surface area (Å²) in [5, 5.41) is 0. The predicted octanol–water partition coefficient (Wildman–Crippen LogP) is 2.98. The van der Waals surface area contributed by atoms with Gasteiger partial charge in [0.25, 0.3) is 0 Å². The zero-order valence-corrected chi connectivity index (χ0v) is 9.01. The zero-order chi connectivity index (χ0) is 13.3. The van der Waals surface area contributed by atoms with Crippen molar-refractivity contribution >= 4 is 0 Å². The summed E-state index contributed by atoms with van der Waals surface area (Å²) in [6.07, 6.45) is -7.56. The van der Waals surface area contributed by atoms with Gasteiger partial charge in [0.1, 0.15) is 17.7 Å². The molecule has 2 rings (SSSR count). The molecule has 0 bridgehead atoms. The van der Waals surface area contributed by atoms with Crippen LogP contribution in [0.2, 0.25) is 0 Å². The standard InChI is InChI=1S/C11H9F5O2/c12-6-1-2-8(9(13)3-6)10(11(14,15)16)18-5-7-4-17-7/h1-3,7,10H,4-5H2/t7-,10+/m1/s1. The highest BCUT2D eigenvalue weighted by atomic mass is 19.4. The minimum Gasteiger partial charge on any atom is -0.371 e. The molecular formula is C11H9F5O2. The van der Waals surface area contributed by atoms with Gasteiger partial charge in [0.05, 0.1) is 13.2 Å². The molecule has 1 heterocycles. The number of rotatable bonds is 4. The van der Waals surface area contributed by atoms with Crippen molar-refractivity contribution in [1.29, 1.82) is 0 Å². The molecule has 100 valence electrons. The highest BCUT2D eigenvalue weighted by Gasteiger charge is 2.44. The van der Waals surface area contributed by atoms with Gasteiger partial charge in [-0.2, -0.15) is 13.2 Å². The van der Waals surface area contributed by atoms with Crippen LogP contribution in [0, 0.1) is 11.6 Å². The van der Waals surface area contributed by atoms with E-state index in [1.54, 1.807) is 0 Å². The van der Waals surface area contributed by atoms with Crippen LogP contribution in [-0.4, -0.2) is 25.5 Å². The summed E-state index contributed by atoms with van der Waals surface area (Å²) in [6, 6.07) is 1.88. The van der Waals surface area contributed by atoms with Gasteiger partial charge < -0.3 is 9.47 Å². The Labute approximate surface area is 99.3 Å². The van der Waals surface area contributed by atoms with Gasteiger partial charge in [-0.05, 0) is 6.07 Å². The summed E-state index contributed by atoms with van der Waals surface area (Å²) in [5.41, 5.74) is -0.732. The second-order valence-electron chi connectivity index (χ2n) is 3.88. The Kier molecular flexibility index (Phi) is 3.54. The average molecular weight is 268 g/mol. The lowest BCUT2D eigenvalue weighted by Gasteiger charge is -2.21. The van der Waals surface area contributed by atoms with Crippen LogP contribution >= 0.6 is 0 Å². The van der Waals surface area contributed by atoms with Gasteiger partial charge in [-0.3, -0.25) is 0 Å². The number of ether oxygens (including phenoxy) is 2. The van der Waals surface area contributed by atoms with Crippen molar-refractivity contribution in [2.75, 3.05) is 13.2 Å². The average Bonchev–Trinajstić information content (AvgIpc) is 3.03. The van der Waals surface area contributed by atoms with Crippen molar-refractivity contribution in [3.63, 3.8) is 0 Å². The normalized spacial score (nSPS) is 20.8. The maximum atomic E-state index is 13.3. The Balaban J connectivity index is 2.20. The Morgan fingerprint density at radius 3 is 2.50 bits per heavy atom. The van der Waals surface area contributed by atoms with E-state index in [2.05, 4.69) is 4.74 Å². The fourth-order valence-corrected chi connectivity index (χ4v) is 1.44. The van der Waals surface area contributed by atoms with Crippen molar-refractivity contribution in [2.24, 2.45) is 0 Å². The molecule has 1 saturated heterocycles. The summed E-state index contributed by atoms with van der Waals surface area (Å²) in [7, 11) is 0. The smallest absolute Gasteiger partial charge is 0.371 e. The molecular weight excluding hydrogens is 259 g/mol. The molecule has 2 atom stereocenters. The van der Waals surface area contributed by atoms with E-state index in [0.29, 0.717) is 12.7 Å². The minimum atomic E-state index is -4.77. The number of epoxide rings is 1. The largest absolute Gasteiger partial charge is 0.418 e. The molecule has 18 heavy (non-hydrogen) atoms. The molecule has 0 radical (unpaired) electrons. The highest BCUT2D eigenvalue weighted by molar-refractivity contribution is 5.22. The number of alkyl halides is 3. The molecule has 0 amide bonds. The van der Waals surface area contributed by atoms with Crippen LogP contribution in [0.15, 0.2) is 18.2 Å². The molecule has 0 unspecified atom stereocenters. The first-order chi connectivity index (χ1) is 8.38. The van der Waals surface area contributed by atoms with Crippen molar-refractivity contribution in [3.8, 4) is 0 Å². The third kappa shape index (κ3) is 3.17. The molecule has 1 fully saturated rings. The lowest BCUT2D eigenvalue weighted by Crippen LogP contribution is -2.26. The Morgan fingerprint density at radius 1 is 1.33 bits per heavy atom. The molecule has 0 aliphatic carbocycles. The van der Waals surface area contributed by atoms with Crippen molar-refractivity contribution in [2.45, 2.75) is 18.4 Å². The molecule has 1 aromatic rings. The predicted molar refractivity (Wildman–Crippen MR) is 50.8 cm³/mol. The number of hydrogen-bond donors (Lipinski definition) is 0. The van der Waals surface area contributed by atoms with Gasteiger partial charge in [0.15, 0.2) is 6.10 Å². The minimum absolute atomic E-state index is 0.277. The summed E-state index contributed by atoms with van der Waals surface area (Å²) in [6.45, 7) is 0.0530. The number of hydrogen-bond acceptors (Lipinski definition) is 2. The maximum absolute atomic E-state index is 13.3. The number of benzene rings is 1. The van der Waals surface area contributed by atoms with Gasteiger partial charge in [0.2, 0.25) is 0 Å². The Bertz CT molecular complexity index is 428. The van der Waals surface area contributed by atoms with E-state index in [-0.39, 0.29) is 12.7 Å². The Hall–Kier alpha value is -1.21. The molecule has 7 heteroatoms. The van der Waals surface area contributed by atoms with E-state index >= 15 is 0 Å². The van der Waals surface area contributed by atoms with E-state index < -0.39 is 29.5 Å². The van der Waals surface area contributed by atoms with Gasteiger partial charge >= 0.3 is 6.18 Å². The molecule has 1 aliphatic rings. The zero-order valence-electron chi connectivity index (χ0n) is 9.01. The topological polar surface area (TPSA) is 21.8 Å². The van der Waals surface area contributed by atoms with Crippen LogP contribution in [0.4, 0.5) is 22.0 Å². The first kappa shape index (κ1) is 13.2. The van der Waals surface area contributed by atoms with Crippen molar-refractivity contribution < 1.29 is 31.4 Å². The van der Waals surface area contributed by atoms with Crippen molar-refractivity contribution in [1.82, 2.24) is 0 Å². The third-order valence-corrected chi connectivity index (χ3v) is 2.39. The lowest BCUT2D eigenvalue weighted by molar-refractivity contribution is -0.225. The molecule has 0 N–H and O–H groups in total. The number of halogens is 5. The SMILES string of the molecule is Fc1ccc([C@H](OC[C@H]2CO2)C(F)(F)F)c(F)c1. The van der Waals surface area contributed by atoms with Crippen molar-refractivity contribution in [3.05, 3.63) is 35.4 Å². The van der Waals surface area contributed by atoms with E-state index in [1.807, 2.05) is 0 Å². The molecule has 1 aromatic carbocycles. The second-order valence-corrected chi connectivity index (χ2v) is 3.88. The molecule has 2 nitrogen and oxygen atoms in total. The molecule has 1 aliphatic heterocycles. The summed E-state index contributed by atoms with van der Waals surface area (Å²) >= 11 is 0. The first-order valence-electron chi connectivity index (χ1n) is 5.13. The van der Waals surface area contributed by atoms with Gasteiger partial charge in [-0.1, -0.05) is 6.07 Å². The van der Waals surface area contributed by atoms with Crippen LogP contribution in [0.1, 0.15) is 11.7 Å². The van der Waals surface area contributed by atoms with Gasteiger partial charge in [-0.15, -0.1) is 0 Å². The maximum Gasteiger partial charge on any atom is 0.418 e. The van der Waals surface area contributed by atoms with Crippen LogP contribution in [0.3, 0.4) is 0 Å². The molecule has 0 saturated carbocycles. The van der Waals surface area contributed by atoms with Crippen LogP contribution in [-0.2, 0) is 9.47 Å². The highest BCUT2D eigenvalue weighted by Crippen LogP contribution is 2.37. The Morgan fingerprint density at radius 2 is 2.00 bits per heavy atom. The molecule has 0 aromatic heterocycles. The first-order valence-corrected chi connectivity index (χ1v) is 5.13. The monoisotopic (exact) mass is 268 g/mol. The lowest BCUT2D eigenvalue weighted by atomic mass is 10.1. The van der Waals surface area contributed by atoms with E-state index in [9.17, 15) is 22.0 Å². The fourth-order valence-electron chi connectivity index (χ4n) is 1.44. The van der Waals surface area contributed by atoms with Crippen LogP contribution in [0.5, 0.6) is 0 Å². The van der Waals surface area contributed by atoms with Crippen LogP contribution in [0.25, 0.3) is 0 Å². The van der Waals surface area contributed by atoms with E-state index in [1.165, 1.54) is 0 Å². The molecule has 0 spiro atoms. The third-order valence-electron chi connectivity index (χ3n) is 2.39. The quantitative estimate of drug-likeness (QED) is 0.618. The summed E-state index contributed by atoms with van der Waals surface area (Å²) < 4.78 is 73.5. The summed E-state index contributed by atoms with van der Waals surface area (Å²) in [5.74, 6) is -2.23. The van der Waals surface area contributed by atoms with E-state index in [4.69, 9.17) is 4.74 Å². The summed E-state index contributed by atoms with van der Waals surface area (Å²) in [4.78, 5) is 0. The van der Waals surface area contributed by atoms with Crippen LogP contribution < -0.4 is 0 Å². The van der Waals surface area contributed by atoms with Gasteiger partial charge in [-0.25, -0.2) is 8.78 Å². The fraction of sp³-hybridized carbons (Fsp3) is 0.455. The van der Waals surface area contributed by atoms with Gasteiger partial charge in [0, 0.05) is 11.6 Å². The second kappa shape index (κ2) is 4.81. The van der Waals surface area contributed by atoms with E-state index in [0.717, 1.165) is 12.1 Å².